The maximum atomic E-state index is 13.0. The third-order valence-electron chi connectivity index (χ3n) is 4.91. The van der Waals surface area contributed by atoms with E-state index < -0.39 is 6.04 Å². The molecule has 2 amide bonds. The average molecular weight is 417 g/mol. The van der Waals surface area contributed by atoms with E-state index in [0.29, 0.717) is 10.8 Å². The molecule has 0 fully saturated rings. The standard InChI is InChI=1S/C23H29ClN2O3/c1-5-17(3)25-23(28)18(4)26(14-19-11-7-8-12-20(19)24)22(27)15-29-21-13-9-6-10-16(21)2/h6-13,17-18H,5,14-15H2,1-4H3,(H,25,28)/t17-,18+/m0/s1. The summed E-state index contributed by atoms with van der Waals surface area (Å²) < 4.78 is 5.72. The molecule has 5 nitrogen and oxygen atoms in total. The molecule has 2 aromatic rings. The SMILES string of the molecule is CC[C@H](C)NC(=O)[C@@H](C)N(Cc1ccccc1Cl)C(=O)COc1ccccc1C. The van der Waals surface area contributed by atoms with Gasteiger partial charge < -0.3 is 15.0 Å². The van der Waals surface area contributed by atoms with Crippen LogP contribution in [0.5, 0.6) is 5.75 Å². The summed E-state index contributed by atoms with van der Waals surface area (Å²) in [6, 6.07) is 14.2. The molecule has 2 rings (SSSR count). The molecule has 1 N–H and O–H groups in total. The lowest BCUT2D eigenvalue weighted by Gasteiger charge is -2.30. The van der Waals surface area contributed by atoms with Gasteiger partial charge in [0.2, 0.25) is 5.91 Å². The maximum Gasteiger partial charge on any atom is 0.261 e. The topological polar surface area (TPSA) is 58.6 Å². The number of aryl methyl sites for hydroxylation is 1. The Hall–Kier alpha value is -2.53. The fourth-order valence-corrected chi connectivity index (χ4v) is 2.99. The van der Waals surface area contributed by atoms with E-state index in [9.17, 15) is 9.59 Å². The van der Waals surface area contributed by atoms with Crippen LogP contribution in [0.2, 0.25) is 5.02 Å². The maximum absolute atomic E-state index is 13.0. The number of nitrogens with one attached hydrogen (secondary N) is 1. The first-order valence-corrected chi connectivity index (χ1v) is 10.2. The number of hydrogen-bond donors (Lipinski definition) is 1. The number of nitrogens with zero attached hydrogens (tertiary/aromatic N) is 1. The fourth-order valence-electron chi connectivity index (χ4n) is 2.80. The van der Waals surface area contributed by atoms with E-state index in [2.05, 4.69) is 5.32 Å². The zero-order chi connectivity index (χ0) is 21.4. The second-order valence-electron chi connectivity index (χ2n) is 7.16. The molecule has 0 radical (unpaired) electrons. The van der Waals surface area contributed by atoms with E-state index in [-0.39, 0.29) is 31.0 Å². The number of carbonyl (C=O) groups is 2. The molecule has 0 aromatic heterocycles. The molecule has 0 heterocycles. The van der Waals surface area contributed by atoms with Crippen LogP contribution in [0.1, 0.15) is 38.3 Å². The second kappa shape index (κ2) is 10.9. The summed E-state index contributed by atoms with van der Waals surface area (Å²) in [5.74, 6) is 0.172. The van der Waals surface area contributed by atoms with Crippen LogP contribution >= 0.6 is 11.6 Å². The number of para-hydroxylation sites is 1. The highest BCUT2D eigenvalue weighted by Crippen LogP contribution is 2.20. The van der Waals surface area contributed by atoms with Gasteiger partial charge in [-0.25, -0.2) is 0 Å². The van der Waals surface area contributed by atoms with Crippen LogP contribution in [-0.2, 0) is 16.1 Å². The molecule has 0 unspecified atom stereocenters. The molecular weight excluding hydrogens is 388 g/mol. The summed E-state index contributed by atoms with van der Waals surface area (Å²) in [7, 11) is 0. The van der Waals surface area contributed by atoms with Gasteiger partial charge in [-0.1, -0.05) is 54.9 Å². The largest absolute Gasteiger partial charge is 0.484 e. The molecule has 0 aliphatic heterocycles. The molecule has 29 heavy (non-hydrogen) atoms. The average Bonchev–Trinajstić information content (AvgIpc) is 2.71. The Kier molecular flexibility index (Phi) is 8.52. The number of rotatable bonds is 9. The molecule has 2 atom stereocenters. The Morgan fingerprint density at radius 1 is 1.10 bits per heavy atom. The smallest absolute Gasteiger partial charge is 0.261 e. The van der Waals surface area contributed by atoms with Crippen molar-refractivity contribution < 1.29 is 14.3 Å². The number of carbonyl (C=O) groups excluding carboxylic acids is 2. The Balaban J connectivity index is 2.18. The number of ether oxygens (including phenoxy) is 1. The van der Waals surface area contributed by atoms with Crippen molar-refractivity contribution in [2.45, 2.75) is 52.7 Å². The molecule has 0 saturated heterocycles. The van der Waals surface area contributed by atoms with E-state index in [1.165, 1.54) is 4.90 Å². The van der Waals surface area contributed by atoms with Crippen molar-refractivity contribution in [1.82, 2.24) is 10.2 Å². The van der Waals surface area contributed by atoms with Crippen LogP contribution in [0.25, 0.3) is 0 Å². The van der Waals surface area contributed by atoms with Crippen molar-refractivity contribution in [1.29, 1.82) is 0 Å². The third kappa shape index (κ3) is 6.50. The minimum atomic E-state index is -0.659. The van der Waals surface area contributed by atoms with Gasteiger partial charge in [-0.2, -0.15) is 0 Å². The highest BCUT2D eigenvalue weighted by atomic mass is 35.5. The highest BCUT2D eigenvalue weighted by molar-refractivity contribution is 6.31. The van der Waals surface area contributed by atoms with Gasteiger partial charge >= 0.3 is 0 Å². The number of halogens is 1. The van der Waals surface area contributed by atoms with E-state index in [1.807, 2.05) is 63.2 Å². The summed E-state index contributed by atoms with van der Waals surface area (Å²) in [6.45, 7) is 7.65. The monoisotopic (exact) mass is 416 g/mol. The quantitative estimate of drug-likeness (QED) is 0.660. The first kappa shape index (κ1) is 22.8. The highest BCUT2D eigenvalue weighted by Gasteiger charge is 2.27. The number of hydrogen-bond acceptors (Lipinski definition) is 3. The van der Waals surface area contributed by atoms with Gasteiger partial charge in [0.25, 0.3) is 5.91 Å². The molecule has 156 valence electrons. The van der Waals surface area contributed by atoms with Crippen molar-refractivity contribution in [3.63, 3.8) is 0 Å². The lowest BCUT2D eigenvalue weighted by Crippen LogP contribution is -2.50. The number of amides is 2. The molecule has 0 aliphatic carbocycles. The fraction of sp³-hybridized carbons (Fsp3) is 0.391. The molecule has 0 spiro atoms. The van der Waals surface area contributed by atoms with Gasteiger partial charge in [0.1, 0.15) is 11.8 Å². The van der Waals surface area contributed by atoms with Gasteiger partial charge in [0.15, 0.2) is 6.61 Å². The zero-order valence-electron chi connectivity index (χ0n) is 17.4. The van der Waals surface area contributed by atoms with Crippen LogP contribution in [0.4, 0.5) is 0 Å². The van der Waals surface area contributed by atoms with Gasteiger partial charge in [-0.15, -0.1) is 0 Å². The molecular formula is C23H29ClN2O3. The Labute approximate surface area is 178 Å². The van der Waals surface area contributed by atoms with E-state index >= 15 is 0 Å². The molecule has 2 aromatic carbocycles. The van der Waals surface area contributed by atoms with Crippen LogP contribution in [0, 0.1) is 6.92 Å². The predicted molar refractivity (Wildman–Crippen MR) is 116 cm³/mol. The summed E-state index contributed by atoms with van der Waals surface area (Å²) in [6.07, 6.45) is 0.813. The summed E-state index contributed by atoms with van der Waals surface area (Å²) in [4.78, 5) is 27.2. The molecule has 0 bridgehead atoms. The Morgan fingerprint density at radius 2 is 1.76 bits per heavy atom. The minimum Gasteiger partial charge on any atom is -0.484 e. The lowest BCUT2D eigenvalue weighted by molar-refractivity contribution is -0.142. The zero-order valence-corrected chi connectivity index (χ0v) is 18.2. The van der Waals surface area contributed by atoms with Crippen molar-refractivity contribution in [2.24, 2.45) is 0 Å². The summed E-state index contributed by atoms with van der Waals surface area (Å²) in [5, 5.41) is 3.50. The lowest BCUT2D eigenvalue weighted by atomic mass is 10.1. The second-order valence-corrected chi connectivity index (χ2v) is 7.57. The number of benzene rings is 2. The van der Waals surface area contributed by atoms with Crippen molar-refractivity contribution in [3.8, 4) is 5.75 Å². The van der Waals surface area contributed by atoms with Crippen LogP contribution in [0.3, 0.4) is 0 Å². The van der Waals surface area contributed by atoms with Gasteiger partial charge in [0, 0.05) is 17.6 Å². The van der Waals surface area contributed by atoms with Gasteiger partial charge in [-0.05, 0) is 50.5 Å². The normalized spacial score (nSPS) is 12.7. The van der Waals surface area contributed by atoms with Crippen LogP contribution in [-0.4, -0.2) is 35.4 Å². The predicted octanol–water partition coefficient (Wildman–Crippen LogP) is 4.36. The van der Waals surface area contributed by atoms with E-state index in [1.54, 1.807) is 13.0 Å². The van der Waals surface area contributed by atoms with Crippen molar-refractivity contribution in [2.75, 3.05) is 6.61 Å². The molecule has 0 aliphatic rings. The summed E-state index contributed by atoms with van der Waals surface area (Å²) in [5.41, 5.74) is 1.72. The van der Waals surface area contributed by atoms with E-state index in [0.717, 1.165) is 17.5 Å². The van der Waals surface area contributed by atoms with Gasteiger partial charge in [0.05, 0.1) is 0 Å². The Bertz CT molecular complexity index is 840. The Morgan fingerprint density at radius 3 is 2.41 bits per heavy atom. The first-order valence-electron chi connectivity index (χ1n) is 9.85. The van der Waals surface area contributed by atoms with Crippen molar-refractivity contribution >= 4 is 23.4 Å². The van der Waals surface area contributed by atoms with E-state index in [4.69, 9.17) is 16.3 Å². The first-order chi connectivity index (χ1) is 13.8. The van der Waals surface area contributed by atoms with Crippen molar-refractivity contribution in [3.05, 3.63) is 64.7 Å². The minimum absolute atomic E-state index is 0.0328. The molecule has 0 saturated carbocycles. The third-order valence-corrected chi connectivity index (χ3v) is 5.28. The van der Waals surface area contributed by atoms with Gasteiger partial charge in [-0.3, -0.25) is 9.59 Å². The molecule has 6 heteroatoms. The van der Waals surface area contributed by atoms with Crippen LogP contribution in [0.15, 0.2) is 48.5 Å². The van der Waals surface area contributed by atoms with Crippen LogP contribution < -0.4 is 10.1 Å². The summed E-state index contributed by atoms with van der Waals surface area (Å²) >= 11 is 6.29.